The average Bonchev–Trinajstić information content (AvgIpc) is 2.97. The van der Waals surface area contributed by atoms with Crippen molar-refractivity contribution >= 4 is 0 Å². The minimum atomic E-state index is -0.791. The van der Waals surface area contributed by atoms with E-state index in [2.05, 4.69) is 48.0 Å². The molecule has 1 aromatic carbocycles. The Morgan fingerprint density at radius 3 is 2.07 bits per heavy atom. The largest absolute Gasteiger partial charge is 0.508 e. The molecule has 7 fully saturated rings. The molecule has 7 aliphatic rings. The molecule has 8 rings (SSSR count). The first-order valence-electron chi connectivity index (χ1n) is 16.4. The molecule has 8 nitrogen and oxygen atoms in total. The van der Waals surface area contributed by atoms with Crippen LogP contribution in [0.25, 0.3) is 0 Å². The van der Waals surface area contributed by atoms with Gasteiger partial charge in [0.1, 0.15) is 5.75 Å². The maximum absolute atomic E-state index is 10.7. The van der Waals surface area contributed by atoms with Gasteiger partial charge >= 0.3 is 0 Å². The van der Waals surface area contributed by atoms with Crippen molar-refractivity contribution < 1.29 is 24.7 Å². The van der Waals surface area contributed by atoms with E-state index in [0.29, 0.717) is 29.5 Å². The molecule has 1 N–H and O–H groups in total. The molecule has 0 atom stereocenters. The zero-order valence-electron chi connectivity index (χ0n) is 25.4. The van der Waals surface area contributed by atoms with Gasteiger partial charge in [-0.2, -0.15) is 19.6 Å². The summed E-state index contributed by atoms with van der Waals surface area (Å²) in [6, 6.07) is 6.89. The third kappa shape index (κ3) is 5.59. The fourth-order valence-corrected chi connectivity index (χ4v) is 9.27. The molecule has 5 aliphatic carbocycles. The second kappa shape index (κ2) is 11.3. The van der Waals surface area contributed by atoms with Crippen molar-refractivity contribution in [2.45, 2.75) is 101 Å². The molecule has 0 unspecified atom stereocenters. The maximum atomic E-state index is 10.7. The molecular weight excluding hydrogens is 518 g/mol. The zero-order valence-corrected chi connectivity index (χ0v) is 25.4. The molecule has 8 heteroatoms. The number of phenolic OH excluding ortho intramolecular Hbond substituents is 1. The second-order valence-corrected chi connectivity index (χ2v) is 14.7. The van der Waals surface area contributed by atoms with Gasteiger partial charge in [0, 0.05) is 55.9 Å². The summed E-state index contributed by atoms with van der Waals surface area (Å²) in [6.45, 7) is 5.17. The Kier molecular flexibility index (Phi) is 7.89. The number of aromatic hydroxyl groups is 1. The van der Waals surface area contributed by atoms with E-state index < -0.39 is 11.6 Å². The second-order valence-electron chi connectivity index (χ2n) is 14.7. The lowest BCUT2D eigenvalue weighted by atomic mass is 9.53. The molecule has 2 saturated heterocycles. The summed E-state index contributed by atoms with van der Waals surface area (Å²) < 4.78 is 0. The molecule has 4 bridgehead atoms. The van der Waals surface area contributed by atoms with Crippen molar-refractivity contribution in [1.82, 2.24) is 14.7 Å². The molecular formula is C33H51N3O5. The van der Waals surface area contributed by atoms with E-state index in [9.17, 15) is 5.11 Å². The van der Waals surface area contributed by atoms with Crippen LogP contribution in [-0.2, 0) is 26.1 Å². The van der Waals surface area contributed by atoms with Gasteiger partial charge in [-0.25, -0.2) is 0 Å². The molecule has 228 valence electrons. The van der Waals surface area contributed by atoms with E-state index in [1.807, 2.05) is 6.07 Å². The predicted molar refractivity (Wildman–Crippen MR) is 156 cm³/mol. The number of piperidine rings is 1. The van der Waals surface area contributed by atoms with Crippen LogP contribution in [0.4, 0.5) is 0 Å². The van der Waals surface area contributed by atoms with Crippen molar-refractivity contribution in [1.29, 1.82) is 0 Å². The Morgan fingerprint density at radius 1 is 0.829 bits per heavy atom. The van der Waals surface area contributed by atoms with Gasteiger partial charge in [0.15, 0.2) is 0 Å². The van der Waals surface area contributed by atoms with Gasteiger partial charge in [-0.15, -0.1) is 0 Å². The summed E-state index contributed by atoms with van der Waals surface area (Å²) in [5, 5.41) is 10.7. The number of likely N-dealkylation sites (tertiary alicyclic amines) is 1. The fraction of sp³-hybridized carbons (Fsp3) is 0.818. The summed E-state index contributed by atoms with van der Waals surface area (Å²) in [6.07, 6.45) is 11.9. The number of hydrogen-bond acceptors (Lipinski definition) is 8. The number of hydrogen-bond donors (Lipinski definition) is 1. The molecule has 1 aromatic rings. The number of phenols is 1. The van der Waals surface area contributed by atoms with Crippen molar-refractivity contribution in [3.8, 4) is 5.75 Å². The smallest absolute Gasteiger partial charge is 0.239 e. The van der Waals surface area contributed by atoms with Gasteiger partial charge < -0.3 is 14.9 Å². The quantitative estimate of drug-likeness (QED) is 0.446. The van der Waals surface area contributed by atoms with Crippen LogP contribution in [-0.4, -0.2) is 84.7 Å². The van der Waals surface area contributed by atoms with Crippen molar-refractivity contribution in [2.75, 3.05) is 47.3 Å². The lowest BCUT2D eigenvalue weighted by Crippen LogP contribution is -2.64. The lowest BCUT2D eigenvalue weighted by molar-refractivity contribution is -0.680. The highest BCUT2D eigenvalue weighted by atomic mass is 17.4. The highest BCUT2D eigenvalue weighted by Crippen LogP contribution is 2.62. The predicted octanol–water partition coefficient (Wildman–Crippen LogP) is 5.27. The van der Waals surface area contributed by atoms with Crippen LogP contribution in [0.15, 0.2) is 18.2 Å². The first-order chi connectivity index (χ1) is 19.8. The van der Waals surface area contributed by atoms with Crippen LogP contribution in [0.2, 0.25) is 0 Å². The van der Waals surface area contributed by atoms with Gasteiger partial charge in [-0.3, -0.25) is 4.90 Å². The fourth-order valence-electron chi connectivity index (χ4n) is 9.27. The van der Waals surface area contributed by atoms with Gasteiger partial charge in [-0.05, 0) is 121 Å². The number of likely N-dealkylation sites (N-methyl/N-ethyl adjacent to an activating group) is 2. The Balaban J connectivity index is 0.916. The summed E-state index contributed by atoms with van der Waals surface area (Å²) in [5.41, 5.74) is 2.35. The Hall–Kier alpha value is -1.26. The van der Waals surface area contributed by atoms with Crippen molar-refractivity contribution in [2.24, 2.45) is 23.7 Å². The highest BCUT2D eigenvalue weighted by molar-refractivity contribution is 5.38. The molecule has 0 aromatic heterocycles. The minimum absolute atomic E-state index is 0.401. The molecule has 41 heavy (non-hydrogen) atoms. The third-order valence-corrected chi connectivity index (χ3v) is 11.7. The topological polar surface area (TPSA) is 66.9 Å². The SMILES string of the molecule is CN(C)CCN(C)C1CCN(Cc2cc(C3CCC4(CC3)OOC3(OO4)C4CC5CC(C4)CC3C5)ccc2O)CC1. The molecule has 2 heterocycles. The van der Waals surface area contributed by atoms with Crippen LogP contribution in [0, 0.1) is 23.7 Å². The van der Waals surface area contributed by atoms with Crippen LogP contribution in [0.5, 0.6) is 5.75 Å². The van der Waals surface area contributed by atoms with Crippen LogP contribution < -0.4 is 0 Å². The molecule has 0 amide bonds. The molecule has 2 spiro atoms. The standard InChI is InChI=1S/C33H51N3O5/c1-34(2)14-15-35(3)30-8-12-36(13-9-30)22-27-21-26(4-5-31(27)37)25-6-10-32(11-7-25)38-40-33(41-39-32)28-17-23-16-24(19-28)20-29(33)18-23/h4-5,21,23-25,28-30,37H,6-20,22H2,1-3H3. The highest BCUT2D eigenvalue weighted by Gasteiger charge is 2.64. The molecule has 2 aliphatic heterocycles. The van der Waals surface area contributed by atoms with Crippen molar-refractivity contribution in [3.05, 3.63) is 29.3 Å². The average molecular weight is 570 g/mol. The van der Waals surface area contributed by atoms with E-state index in [-0.39, 0.29) is 0 Å². The molecule has 0 radical (unpaired) electrons. The Morgan fingerprint density at radius 2 is 1.46 bits per heavy atom. The summed E-state index contributed by atoms with van der Waals surface area (Å²) in [7, 11) is 6.54. The normalized spacial score (nSPS) is 39.5. The monoisotopic (exact) mass is 569 g/mol. The summed E-state index contributed by atoms with van der Waals surface area (Å²) >= 11 is 0. The first kappa shape index (κ1) is 28.5. The number of rotatable bonds is 7. The number of benzene rings is 1. The summed E-state index contributed by atoms with van der Waals surface area (Å²) in [4.78, 5) is 32.1. The zero-order chi connectivity index (χ0) is 28.2. The first-order valence-corrected chi connectivity index (χ1v) is 16.4. The van der Waals surface area contributed by atoms with E-state index >= 15 is 0 Å². The molecule has 5 saturated carbocycles. The van der Waals surface area contributed by atoms with Crippen LogP contribution >= 0.6 is 0 Å². The van der Waals surface area contributed by atoms with Gasteiger partial charge in [0.2, 0.25) is 11.6 Å². The van der Waals surface area contributed by atoms with Crippen molar-refractivity contribution in [3.63, 3.8) is 0 Å². The Bertz CT molecular complexity index is 1020. The van der Waals surface area contributed by atoms with E-state index in [1.54, 1.807) is 0 Å². The van der Waals surface area contributed by atoms with E-state index in [1.165, 1.54) is 50.5 Å². The number of nitrogens with zero attached hydrogens (tertiary/aromatic N) is 3. The van der Waals surface area contributed by atoms with Crippen LogP contribution in [0.3, 0.4) is 0 Å². The lowest BCUT2D eigenvalue weighted by Gasteiger charge is -2.60. The van der Waals surface area contributed by atoms with E-state index in [4.69, 9.17) is 19.6 Å². The van der Waals surface area contributed by atoms with Gasteiger partial charge in [-0.1, -0.05) is 12.1 Å². The maximum Gasteiger partial charge on any atom is 0.239 e. The Labute approximate surface area is 246 Å². The van der Waals surface area contributed by atoms with Gasteiger partial charge in [0.25, 0.3) is 0 Å². The minimum Gasteiger partial charge on any atom is -0.508 e. The van der Waals surface area contributed by atoms with Gasteiger partial charge in [0.05, 0.1) is 0 Å². The van der Waals surface area contributed by atoms with Crippen LogP contribution in [0.1, 0.15) is 87.7 Å². The van der Waals surface area contributed by atoms with E-state index in [0.717, 1.165) is 75.8 Å². The summed E-state index contributed by atoms with van der Waals surface area (Å²) in [5.74, 6) is 1.83. The third-order valence-electron chi connectivity index (χ3n) is 11.7.